The van der Waals surface area contributed by atoms with Gasteiger partial charge < -0.3 is 10.1 Å². The maximum absolute atomic E-state index is 5.87. The molecule has 1 aliphatic heterocycles. The van der Waals surface area contributed by atoms with Crippen molar-refractivity contribution in [3.8, 4) is 0 Å². The predicted octanol–water partition coefficient (Wildman–Crippen LogP) is 2.31. The van der Waals surface area contributed by atoms with Crippen molar-refractivity contribution in [3.05, 3.63) is 0 Å². The van der Waals surface area contributed by atoms with Crippen LogP contribution in [-0.2, 0) is 4.74 Å². The summed E-state index contributed by atoms with van der Waals surface area (Å²) in [6, 6.07) is 0. The Morgan fingerprint density at radius 1 is 1.43 bits per heavy atom. The third-order valence-electron chi connectivity index (χ3n) is 3.34. The van der Waals surface area contributed by atoms with Gasteiger partial charge in [0.2, 0.25) is 0 Å². The van der Waals surface area contributed by atoms with Gasteiger partial charge in [-0.3, -0.25) is 0 Å². The fourth-order valence-electron chi connectivity index (χ4n) is 2.06. The first-order chi connectivity index (χ1) is 6.85. The maximum Gasteiger partial charge on any atom is 0.0576 e. The van der Waals surface area contributed by atoms with Crippen LogP contribution < -0.4 is 5.32 Å². The fourth-order valence-corrected chi connectivity index (χ4v) is 2.43. The average Bonchev–Trinajstić information content (AvgIpc) is 2.81. The second-order valence-electron chi connectivity index (χ2n) is 4.62. The molecule has 1 unspecified atom stereocenters. The molecule has 1 atom stereocenters. The van der Waals surface area contributed by atoms with Crippen molar-refractivity contribution in [1.29, 1.82) is 0 Å². The van der Waals surface area contributed by atoms with E-state index in [1.54, 1.807) is 0 Å². The number of rotatable bonds is 6. The van der Waals surface area contributed by atoms with Crippen LogP contribution in [0.1, 0.15) is 38.5 Å². The minimum Gasteiger partial charge on any atom is -0.378 e. The molecule has 1 aliphatic carbocycles. The monoisotopic (exact) mass is 217 g/mol. The van der Waals surface area contributed by atoms with E-state index in [9.17, 15) is 0 Å². The first-order valence-electron chi connectivity index (χ1n) is 5.77. The molecule has 14 heavy (non-hydrogen) atoms. The zero-order valence-corrected chi connectivity index (χ0v) is 9.48. The number of hydrogen-bond acceptors (Lipinski definition) is 2. The lowest BCUT2D eigenvalue weighted by Crippen LogP contribution is -2.33. The van der Waals surface area contributed by atoms with Crippen molar-refractivity contribution in [2.45, 2.75) is 50.2 Å². The molecule has 2 fully saturated rings. The minimum atomic E-state index is 0.318. The maximum atomic E-state index is 5.87. The van der Waals surface area contributed by atoms with E-state index in [0.29, 0.717) is 11.6 Å². The molecule has 2 nitrogen and oxygen atoms in total. The van der Waals surface area contributed by atoms with Gasteiger partial charge in [0.05, 0.1) is 6.10 Å². The van der Waals surface area contributed by atoms with Crippen LogP contribution in [0.25, 0.3) is 0 Å². The number of nitrogens with one attached hydrogen (secondary N) is 1. The van der Waals surface area contributed by atoms with E-state index in [2.05, 4.69) is 5.32 Å². The Labute approximate surface area is 91.3 Å². The number of hydrogen-bond donors (Lipinski definition) is 1. The summed E-state index contributed by atoms with van der Waals surface area (Å²) < 4.78 is 5.57. The highest BCUT2D eigenvalue weighted by Gasteiger charge is 2.40. The van der Waals surface area contributed by atoms with Crippen LogP contribution in [0.15, 0.2) is 0 Å². The summed E-state index contributed by atoms with van der Waals surface area (Å²) in [6.07, 6.45) is 8.02. The van der Waals surface area contributed by atoms with Gasteiger partial charge in [-0.1, -0.05) is 0 Å². The molecule has 0 radical (unpaired) electrons. The van der Waals surface area contributed by atoms with Gasteiger partial charge >= 0.3 is 0 Å². The number of alkyl halides is 1. The minimum absolute atomic E-state index is 0.318. The van der Waals surface area contributed by atoms with Gasteiger partial charge in [-0.2, -0.15) is 0 Å². The largest absolute Gasteiger partial charge is 0.378 e. The summed E-state index contributed by atoms with van der Waals surface area (Å²) in [5.41, 5.74) is 0.318. The SMILES string of the molecule is ClCC1(NCCCC2CCCO2)CC1. The molecule has 2 aliphatic rings. The van der Waals surface area contributed by atoms with E-state index in [1.165, 1.54) is 38.5 Å². The van der Waals surface area contributed by atoms with Crippen molar-refractivity contribution >= 4 is 11.6 Å². The van der Waals surface area contributed by atoms with E-state index in [4.69, 9.17) is 16.3 Å². The van der Waals surface area contributed by atoms with E-state index in [1.807, 2.05) is 0 Å². The summed E-state index contributed by atoms with van der Waals surface area (Å²) in [4.78, 5) is 0. The Bertz CT molecular complexity index is 176. The molecule has 1 saturated carbocycles. The molecule has 1 heterocycles. The van der Waals surface area contributed by atoms with Gasteiger partial charge in [0.1, 0.15) is 0 Å². The second kappa shape index (κ2) is 4.82. The smallest absolute Gasteiger partial charge is 0.0576 e. The van der Waals surface area contributed by atoms with Gasteiger partial charge in [-0.05, 0) is 45.1 Å². The van der Waals surface area contributed by atoms with E-state index in [0.717, 1.165) is 19.0 Å². The molecule has 2 rings (SSSR count). The van der Waals surface area contributed by atoms with Crippen LogP contribution in [0.5, 0.6) is 0 Å². The van der Waals surface area contributed by atoms with E-state index in [-0.39, 0.29) is 0 Å². The van der Waals surface area contributed by atoms with Crippen molar-refractivity contribution in [1.82, 2.24) is 5.32 Å². The molecule has 0 aromatic carbocycles. The van der Waals surface area contributed by atoms with E-state index >= 15 is 0 Å². The molecular formula is C11H20ClNO. The van der Waals surface area contributed by atoms with Crippen LogP contribution in [0.2, 0.25) is 0 Å². The first-order valence-corrected chi connectivity index (χ1v) is 6.31. The van der Waals surface area contributed by atoms with Gasteiger partial charge in [-0.15, -0.1) is 11.6 Å². The zero-order chi connectivity index (χ0) is 9.86. The molecule has 3 heteroatoms. The highest BCUT2D eigenvalue weighted by atomic mass is 35.5. The van der Waals surface area contributed by atoms with Gasteiger partial charge in [0, 0.05) is 18.0 Å². The molecule has 0 bridgehead atoms. The molecule has 82 valence electrons. The molecule has 0 spiro atoms. The molecule has 1 N–H and O–H groups in total. The lowest BCUT2D eigenvalue weighted by molar-refractivity contribution is 0.102. The van der Waals surface area contributed by atoms with Gasteiger partial charge in [0.15, 0.2) is 0 Å². The zero-order valence-electron chi connectivity index (χ0n) is 8.73. The lowest BCUT2D eigenvalue weighted by atomic mass is 10.1. The van der Waals surface area contributed by atoms with Crippen molar-refractivity contribution in [3.63, 3.8) is 0 Å². The normalized spacial score (nSPS) is 29.4. The quantitative estimate of drug-likeness (QED) is 0.545. The van der Waals surface area contributed by atoms with Crippen LogP contribution in [0.4, 0.5) is 0 Å². The first kappa shape index (κ1) is 10.7. The summed E-state index contributed by atoms with van der Waals surface area (Å²) in [7, 11) is 0. The molecule has 1 saturated heterocycles. The molecule has 0 aromatic rings. The van der Waals surface area contributed by atoms with Crippen molar-refractivity contribution < 1.29 is 4.74 Å². The van der Waals surface area contributed by atoms with Crippen LogP contribution in [-0.4, -0.2) is 30.7 Å². The fraction of sp³-hybridized carbons (Fsp3) is 1.00. The average molecular weight is 218 g/mol. The topological polar surface area (TPSA) is 21.3 Å². The Balaban J connectivity index is 1.50. The summed E-state index contributed by atoms with van der Waals surface area (Å²) in [5.74, 6) is 0.771. The Morgan fingerprint density at radius 3 is 2.86 bits per heavy atom. The van der Waals surface area contributed by atoms with Crippen LogP contribution in [0.3, 0.4) is 0 Å². The number of halogens is 1. The van der Waals surface area contributed by atoms with Crippen LogP contribution in [0, 0.1) is 0 Å². The third kappa shape index (κ3) is 2.85. The second-order valence-corrected chi connectivity index (χ2v) is 4.89. The van der Waals surface area contributed by atoms with Crippen molar-refractivity contribution in [2.75, 3.05) is 19.0 Å². The molecular weight excluding hydrogens is 198 g/mol. The Kier molecular flexibility index (Phi) is 3.69. The van der Waals surface area contributed by atoms with E-state index < -0.39 is 0 Å². The Morgan fingerprint density at radius 2 is 2.29 bits per heavy atom. The third-order valence-corrected chi connectivity index (χ3v) is 3.85. The molecule has 0 amide bonds. The standard InChI is InChI=1S/C11H20ClNO/c12-9-11(5-6-11)13-7-1-3-10-4-2-8-14-10/h10,13H,1-9H2. The summed E-state index contributed by atoms with van der Waals surface area (Å²) in [5, 5.41) is 3.56. The van der Waals surface area contributed by atoms with Crippen LogP contribution >= 0.6 is 11.6 Å². The van der Waals surface area contributed by atoms with Gasteiger partial charge in [0.25, 0.3) is 0 Å². The summed E-state index contributed by atoms with van der Waals surface area (Å²) in [6.45, 7) is 2.08. The van der Waals surface area contributed by atoms with Crippen molar-refractivity contribution in [2.24, 2.45) is 0 Å². The summed E-state index contributed by atoms with van der Waals surface area (Å²) >= 11 is 5.87. The lowest BCUT2D eigenvalue weighted by Gasteiger charge is -2.14. The Hall–Kier alpha value is 0.210. The molecule has 0 aromatic heterocycles. The highest BCUT2D eigenvalue weighted by Crippen LogP contribution is 2.36. The predicted molar refractivity (Wildman–Crippen MR) is 58.9 cm³/mol. The van der Waals surface area contributed by atoms with Gasteiger partial charge in [-0.25, -0.2) is 0 Å². The number of ether oxygens (including phenoxy) is 1. The highest BCUT2D eigenvalue weighted by molar-refractivity contribution is 6.18.